The highest BCUT2D eigenvalue weighted by Gasteiger charge is 2.56. The van der Waals surface area contributed by atoms with Crippen LogP contribution in [0.2, 0.25) is 0 Å². The maximum Gasteiger partial charge on any atom is 0.248 e. The smallest absolute Gasteiger partial charge is 0.248 e. The van der Waals surface area contributed by atoms with Gasteiger partial charge in [-0.3, -0.25) is 9.59 Å². The third-order valence-electron chi connectivity index (χ3n) is 5.47. The molecular weight excluding hydrogens is 520 g/mol. The minimum absolute atomic E-state index is 0.0141. The second-order valence-corrected chi connectivity index (χ2v) is 11.0. The highest BCUT2D eigenvalue weighted by Crippen LogP contribution is 2.54. The maximum absolute atomic E-state index is 13.6. The Morgan fingerprint density at radius 2 is 1.90 bits per heavy atom. The predicted molar refractivity (Wildman–Crippen MR) is 126 cm³/mol. The summed E-state index contributed by atoms with van der Waals surface area (Å²) in [5.41, 5.74) is 1.33. The van der Waals surface area contributed by atoms with Crippen LogP contribution >= 0.6 is 51.2 Å². The largest absolute Gasteiger partial charge is 0.504 e. The van der Waals surface area contributed by atoms with Crippen molar-refractivity contribution in [2.75, 3.05) is 12.0 Å². The van der Waals surface area contributed by atoms with E-state index in [-0.39, 0.29) is 23.5 Å². The lowest BCUT2D eigenvalue weighted by Gasteiger charge is -2.30. The van der Waals surface area contributed by atoms with E-state index in [9.17, 15) is 14.7 Å². The summed E-state index contributed by atoms with van der Waals surface area (Å²) < 4.78 is 6.75. The summed E-state index contributed by atoms with van der Waals surface area (Å²) in [5.74, 6) is -1.13. The van der Waals surface area contributed by atoms with Gasteiger partial charge in [0.25, 0.3) is 0 Å². The summed E-state index contributed by atoms with van der Waals surface area (Å²) in [6, 6.07) is 12.2. The molecule has 0 spiro atoms. The van der Waals surface area contributed by atoms with Crippen LogP contribution in [-0.2, 0) is 9.59 Å². The van der Waals surface area contributed by atoms with E-state index in [1.807, 2.05) is 0 Å². The van der Waals surface area contributed by atoms with Crippen LogP contribution in [0.3, 0.4) is 0 Å². The summed E-state index contributed by atoms with van der Waals surface area (Å²) in [6.45, 7) is 0. The van der Waals surface area contributed by atoms with E-state index < -0.39 is 11.2 Å². The number of benzene rings is 2. The first-order valence-electron chi connectivity index (χ1n) is 9.29. The zero-order valence-electron chi connectivity index (χ0n) is 16.0. The molecule has 1 saturated heterocycles. The zero-order valence-corrected chi connectivity index (χ0v) is 20.0. The second-order valence-electron chi connectivity index (χ2n) is 7.17. The number of halogens is 1. The molecule has 1 fully saturated rings. The monoisotopic (exact) mass is 534 g/mol. The van der Waals surface area contributed by atoms with Gasteiger partial charge in [-0.2, -0.15) is 0 Å². The number of aromatic hydroxyl groups is 1. The number of thiazole rings is 1. The molecule has 0 saturated carbocycles. The molecule has 2 N–H and O–H groups in total. The van der Waals surface area contributed by atoms with Gasteiger partial charge in [0.2, 0.25) is 11.8 Å². The van der Waals surface area contributed by atoms with E-state index in [0.29, 0.717) is 15.4 Å². The van der Waals surface area contributed by atoms with Crippen LogP contribution in [0.15, 0.2) is 52.0 Å². The van der Waals surface area contributed by atoms with E-state index in [2.05, 4.69) is 20.9 Å². The standard InChI is InChI=1S/C21H15BrN2O4S3/c1-28-13-8-9(2-7-12(13)25)14-15-17(30-18-16(14)31-21(29)23-18)20(27)24(19(15)26)11-5-3-10(22)4-6-11/h2-8,14-15,17,25H,1H3,(H,23,29)/t14-,15-,17-/m0/s1. The van der Waals surface area contributed by atoms with Crippen molar-refractivity contribution in [3.63, 3.8) is 0 Å². The zero-order chi connectivity index (χ0) is 21.9. The van der Waals surface area contributed by atoms with Gasteiger partial charge < -0.3 is 14.8 Å². The number of H-pyrrole nitrogens is 1. The average Bonchev–Trinajstić information content (AvgIpc) is 3.24. The fourth-order valence-corrected chi connectivity index (χ4v) is 7.33. The number of phenols is 1. The van der Waals surface area contributed by atoms with Crippen LogP contribution in [0.5, 0.6) is 11.5 Å². The predicted octanol–water partition coefficient (Wildman–Crippen LogP) is 5.08. The number of ether oxygens (including phenoxy) is 1. The lowest BCUT2D eigenvalue weighted by molar-refractivity contribution is -0.122. The topological polar surface area (TPSA) is 82.6 Å². The lowest BCUT2D eigenvalue weighted by Crippen LogP contribution is -2.32. The van der Waals surface area contributed by atoms with Gasteiger partial charge in [-0.1, -0.05) is 33.8 Å². The maximum atomic E-state index is 13.6. The van der Waals surface area contributed by atoms with Crippen molar-refractivity contribution in [3.05, 3.63) is 61.3 Å². The van der Waals surface area contributed by atoms with E-state index in [0.717, 1.165) is 19.9 Å². The van der Waals surface area contributed by atoms with Gasteiger partial charge >= 0.3 is 0 Å². The SMILES string of the molecule is COc1cc([C@@H]2c3sc(=S)[nH]c3S[C@@H]3C(=O)N(c4ccc(Br)cc4)C(=O)[C@@H]23)ccc1O. The van der Waals surface area contributed by atoms with Gasteiger partial charge in [0.15, 0.2) is 15.5 Å². The number of aromatic amines is 1. The molecule has 0 radical (unpaired) electrons. The molecular formula is C21H15BrN2O4S3. The van der Waals surface area contributed by atoms with Gasteiger partial charge in [-0.15, -0.1) is 11.3 Å². The summed E-state index contributed by atoms with van der Waals surface area (Å²) in [5, 5.41) is 10.3. The lowest BCUT2D eigenvalue weighted by atomic mass is 9.83. The van der Waals surface area contributed by atoms with Gasteiger partial charge in [-0.25, -0.2) is 4.90 Å². The minimum atomic E-state index is -0.593. The van der Waals surface area contributed by atoms with Crippen LogP contribution in [-0.4, -0.2) is 34.3 Å². The summed E-state index contributed by atoms with van der Waals surface area (Å²) >= 11 is 11.5. The van der Waals surface area contributed by atoms with Crippen molar-refractivity contribution in [3.8, 4) is 11.5 Å². The number of phenolic OH excluding ortho intramolecular Hbond substituents is 1. The number of carbonyl (C=O) groups excluding carboxylic acids is 2. The molecule has 5 rings (SSSR count). The Balaban J connectivity index is 1.66. The van der Waals surface area contributed by atoms with E-state index >= 15 is 0 Å². The third kappa shape index (κ3) is 3.32. The molecule has 6 nitrogen and oxygen atoms in total. The molecule has 0 bridgehead atoms. The number of carbonyl (C=O) groups is 2. The summed E-state index contributed by atoms with van der Waals surface area (Å²) in [7, 11) is 1.48. The third-order valence-corrected chi connectivity index (χ3v) is 8.75. The number of methoxy groups -OCH3 is 1. The van der Waals surface area contributed by atoms with Gasteiger partial charge in [0.05, 0.1) is 23.7 Å². The molecule has 3 heterocycles. The van der Waals surface area contributed by atoms with Crippen molar-refractivity contribution in [2.45, 2.75) is 16.2 Å². The van der Waals surface area contributed by atoms with Crippen LogP contribution in [0.4, 0.5) is 5.69 Å². The van der Waals surface area contributed by atoms with Crippen LogP contribution in [0.1, 0.15) is 16.4 Å². The molecule has 2 aromatic carbocycles. The number of hydrogen-bond donors (Lipinski definition) is 2. The van der Waals surface area contributed by atoms with Crippen molar-refractivity contribution in [1.82, 2.24) is 4.98 Å². The fraction of sp³-hybridized carbons (Fsp3) is 0.190. The first-order chi connectivity index (χ1) is 14.9. The minimum Gasteiger partial charge on any atom is -0.504 e. The number of nitrogens with one attached hydrogen (secondary N) is 1. The first-order valence-corrected chi connectivity index (χ1v) is 12.2. The molecule has 0 aliphatic carbocycles. The van der Waals surface area contributed by atoms with E-state index in [1.54, 1.807) is 42.5 Å². The number of thioether (sulfide) groups is 1. The Kier molecular flexibility index (Phi) is 5.20. The first kappa shape index (κ1) is 20.7. The normalized spacial score (nSPS) is 22.4. The number of nitrogens with zero attached hydrogens (tertiary/aromatic N) is 1. The number of hydrogen-bond acceptors (Lipinski definition) is 7. The molecule has 10 heteroatoms. The summed E-state index contributed by atoms with van der Waals surface area (Å²) in [6.07, 6.45) is 0. The number of imide groups is 1. The number of fused-ring (bicyclic) bond motifs is 2. The number of aromatic nitrogens is 1. The number of rotatable bonds is 3. The molecule has 2 amide bonds. The molecule has 2 aliphatic heterocycles. The van der Waals surface area contributed by atoms with Crippen LogP contribution < -0.4 is 9.64 Å². The molecule has 0 unspecified atom stereocenters. The average molecular weight is 535 g/mol. The van der Waals surface area contributed by atoms with Crippen molar-refractivity contribution in [2.24, 2.45) is 5.92 Å². The van der Waals surface area contributed by atoms with Crippen molar-refractivity contribution >= 4 is 68.7 Å². The Morgan fingerprint density at radius 1 is 1.16 bits per heavy atom. The van der Waals surface area contributed by atoms with E-state index in [1.165, 1.54) is 35.1 Å². The summed E-state index contributed by atoms with van der Waals surface area (Å²) in [4.78, 5) is 32.4. The Morgan fingerprint density at radius 3 is 2.61 bits per heavy atom. The quantitative estimate of drug-likeness (QED) is 0.360. The Bertz CT molecular complexity index is 1270. The molecule has 1 aromatic heterocycles. The van der Waals surface area contributed by atoms with Crippen LogP contribution in [0.25, 0.3) is 0 Å². The Labute approximate surface area is 199 Å². The second kappa shape index (κ2) is 7.77. The van der Waals surface area contributed by atoms with Gasteiger partial charge in [0.1, 0.15) is 5.25 Å². The molecule has 3 atom stereocenters. The van der Waals surface area contributed by atoms with E-state index in [4.69, 9.17) is 17.0 Å². The molecule has 31 heavy (non-hydrogen) atoms. The van der Waals surface area contributed by atoms with Gasteiger partial charge in [0, 0.05) is 15.3 Å². The van der Waals surface area contributed by atoms with Crippen molar-refractivity contribution < 1.29 is 19.4 Å². The molecule has 3 aromatic rings. The highest BCUT2D eigenvalue weighted by atomic mass is 79.9. The molecule has 2 aliphatic rings. The molecule has 158 valence electrons. The highest BCUT2D eigenvalue weighted by molar-refractivity contribution is 9.10. The Hall–Kier alpha value is -2.14. The number of amides is 2. The van der Waals surface area contributed by atoms with Gasteiger partial charge in [-0.05, 0) is 54.2 Å². The van der Waals surface area contributed by atoms with Crippen molar-refractivity contribution in [1.29, 1.82) is 0 Å². The number of anilines is 1. The fourth-order valence-electron chi connectivity index (χ4n) is 4.11. The van der Waals surface area contributed by atoms with Crippen LogP contribution in [0, 0.1) is 9.87 Å².